The highest BCUT2D eigenvalue weighted by Crippen LogP contribution is 2.39. The number of rotatable bonds is 5. The third-order valence-electron chi connectivity index (χ3n) is 3.16. The van der Waals surface area contributed by atoms with Gasteiger partial charge in [0.2, 0.25) is 0 Å². The first-order valence-electron chi connectivity index (χ1n) is 6.39. The van der Waals surface area contributed by atoms with Crippen LogP contribution in [0.5, 0.6) is 5.75 Å². The van der Waals surface area contributed by atoms with Gasteiger partial charge in [0.1, 0.15) is 5.75 Å². The van der Waals surface area contributed by atoms with Crippen molar-refractivity contribution in [1.82, 2.24) is 5.32 Å². The molecule has 0 fully saturated rings. The van der Waals surface area contributed by atoms with Crippen molar-refractivity contribution in [3.05, 3.63) is 49.1 Å². The van der Waals surface area contributed by atoms with Crippen molar-refractivity contribution in [2.24, 2.45) is 0 Å². The molecule has 0 saturated carbocycles. The molecule has 1 atom stereocenters. The Morgan fingerprint density at radius 1 is 1.40 bits per heavy atom. The Kier molecular flexibility index (Phi) is 5.49. The molecule has 2 rings (SSSR count). The molecular formula is C15H17BrClNOS. The van der Waals surface area contributed by atoms with Crippen LogP contribution in [0.1, 0.15) is 28.3 Å². The number of ether oxygens (including phenoxy) is 1. The molecular weight excluding hydrogens is 358 g/mol. The Morgan fingerprint density at radius 2 is 2.15 bits per heavy atom. The standard InChI is InChI=1S/C15H17BrClNOS/c1-4-10-5-6-13(20-10)14(18-2)11-7-9(17)8-12(16)15(11)19-3/h5-8,14,18H,4H2,1-3H3. The SMILES string of the molecule is CCc1ccc(C(NC)c2cc(Cl)cc(Br)c2OC)s1. The summed E-state index contributed by atoms with van der Waals surface area (Å²) in [6.45, 7) is 2.17. The van der Waals surface area contributed by atoms with Crippen molar-refractivity contribution >= 4 is 38.9 Å². The van der Waals surface area contributed by atoms with E-state index in [-0.39, 0.29) is 6.04 Å². The van der Waals surface area contributed by atoms with Crippen LogP contribution >= 0.6 is 38.9 Å². The maximum Gasteiger partial charge on any atom is 0.138 e. The normalized spacial score (nSPS) is 12.4. The van der Waals surface area contributed by atoms with Crippen LogP contribution in [0.4, 0.5) is 0 Å². The molecule has 5 heteroatoms. The number of hydrogen-bond donors (Lipinski definition) is 1. The highest BCUT2D eigenvalue weighted by molar-refractivity contribution is 9.10. The lowest BCUT2D eigenvalue weighted by molar-refractivity contribution is 0.403. The molecule has 0 aliphatic carbocycles. The number of hydrogen-bond acceptors (Lipinski definition) is 3. The number of thiophene rings is 1. The fourth-order valence-electron chi connectivity index (χ4n) is 2.20. The topological polar surface area (TPSA) is 21.3 Å². The third kappa shape index (κ3) is 3.19. The Hall–Kier alpha value is -0.550. The van der Waals surface area contributed by atoms with E-state index in [1.165, 1.54) is 9.75 Å². The van der Waals surface area contributed by atoms with Crippen LogP contribution < -0.4 is 10.1 Å². The summed E-state index contributed by atoms with van der Waals surface area (Å²) in [5.41, 5.74) is 1.04. The van der Waals surface area contributed by atoms with Crippen LogP contribution in [0.2, 0.25) is 5.02 Å². The lowest BCUT2D eigenvalue weighted by Gasteiger charge is -2.19. The lowest BCUT2D eigenvalue weighted by atomic mass is 10.0. The van der Waals surface area contributed by atoms with Gasteiger partial charge in [0.05, 0.1) is 17.6 Å². The number of aryl methyl sites for hydroxylation is 1. The second-order valence-electron chi connectivity index (χ2n) is 4.39. The number of benzene rings is 1. The van der Waals surface area contributed by atoms with Crippen LogP contribution in [0, 0.1) is 0 Å². The fraction of sp³-hybridized carbons (Fsp3) is 0.333. The largest absolute Gasteiger partial charge is 0.495 e. The number of methoxy groups -OCH3 is 1. The van der Waals surface area contributed by atoms with Crippen LogP contribution in [0.3, 0.4) is 0 Å². The summed E-state index contributed by atoms with van der Waals surface area (Å²) >= 11 is 11.5. The van der Waals surface area contributed by atoms with E-state index in [0.717, 1.165) is 22.2 Å². The van der Waals surface area contributed by atoms with Crippen molar-refractivity contribution in [3.63, 3.8) is 0 Å². The molecule has 1 unspecified atom stereocenters. The lowest BCUT2D eigenvalue weighted by Crippen LogP contribution is -2.17. The molecule has 0 amide bonds. The summed E-state index contributed by atoms with van der Waals surface area (Å²) in [5.74, 6) is 0.820. The van der Waals surface area contributed by atoms with Gasteiger partial charge in [-0.3, -0.25) is 0 Å². The van der Waals surface area contributed by atoms with Gasteiger partial charge in [0.15, 0.2) is 0 Å². The molecule has 108 valence electrons. The summed E-state index contributed by atoms with van der Waals surface area (Å²) in [4.78, 5) is 2.64. The minimum absolute atomic E-state index is 0.0743. The van der Waals surface area contributed by atoms with Crippen molar-refractivity contribution in [1.29, 1.82) is 0 Å². The van der Waals surface area contributed by atoms with Crippen LogP contribution in [0.15, 0.2) is 28.7 Å². The van der Waals surface area contributed by atoms with Crippen molar-refractivity contribution in [2.75, 3.05) is 14.2 Å². The summed E-state index contributed by atoms with van der Waals surface area (Å²) < 4.78 is 6.40. The molecule has 20 heavy (non-hydrogen) atoms. The zero-order valence-electron chi connectivity index (χ0n) is 11.7. The van der Waals surface area contributed by atoms with Gasteiger partial charge < -0.3 is 10.1 Å². The summed E-state index contributed by atoms with van der Waals surface area (Å²) in [7, 11) is 3.63. The quantitative estimate of drug-likeness (QED) is 0.791. The number of nitrogens with one attached hydrogen (secondary N) is 1. The van der Waals surface area contributed by atoms with Crippen molar-refractivity contribution < 1.29 is 4.74 Å². The van der Waals surface area contributed by atoms with E-state index in [1.807, 2.05) is 30.5 Å². The zero-order chi connectivity index (χ0) is 14.7. The average Bonchev–Trinajstić information content (AvgIpc) is 2.88. The second-order valence-corrected chi connectivity index (χ2v) is 6.88. The van der Waals surface area contributed by atoms with Gasteiger partial charge in [-0.1, -0.05) is 18.5 Å². The predicted octanol–water partition coefficient (Wildman–Crippen LogP) is 5.04. The monoisotopic (exact) mass is 373 g/mol. The van der Waals surface area contributed by atoms with E-state index in [1.54, 1.807) is 7.11 Å². The number of halogens is 2. The fourth-order valence-corrected chi connectivity index (χ4v) is 4.28. The van der Waals surface area contributed by atoms with E-state index < -0.39 is 0 Å². The van der Waals surface area contributed by atoms with E-state index in [4.69, 9.17) is 16.3 Å². The summed E-state index contributed by atoms with van der Waals surface area (Å²) in [5, 5.41) is 4.05. The van der Waals surface area contributed by atoms with Gasteiger partial charge in [-0.25, -0.2) is 0 Å². The van der Waals surface area contributed by atoms with E-state index in [2.05, 4.69) is 40.3 Å². The van der Waals surface area contributed by atoms with Gasteiger partial charge in [-0.05, 0) is 53.7 Å². The first-order chi connectivity index (χ1) is 9.60. The third-order valence-corrected chi connectivity index (χ3v) is 5.26. The molecule has 1 aromatic heterocycles. The van der Waals surface area contributed by atoms with E-state index in [9.17, 15) is 0 Å². The van der Waals surface area contributed by atoms with Gasteiger partial charge in [-0.15, -0.1) is 11.3 Å². The van der Waals surface area contributed by atoms with Crippen LogP contribution in [-0.4, -0.2) is 14.2 Å². The highest BCUT2D eigenvalue weighted by Gasteiger charge is 2.21. The van der Waals surface area contributed by atoms with Gasteiger partial charge in [0.25, 0.3) is 0 Å². The van der Waals surface area contributed by atoms with Crippen LogP contribution in [-0.2, 0) is 6.42 Å². The van der Waals surface area contributed by atoms with Gasteiger partial charge in [-0.2, -0.15) is 0 Å². The highest BCUT2D eigenvalue weighted by atomic mass is 79.9. The predicted molar refractivity (Wildman–Crippen MR) is 90.3 cm³/mol. The maximum atomic E-state index is 6.19. The molecule has 0 bridgehead atoms. The maximum absolute atomic E-state index is 6.19. The van der Waals surface area contributed by atoms with Crippen LogP contribution in [0.25, 0.3) is 0 Å². The molecule has 1 heterocycles. The Balaban J connectivity index is 2.51. The minimum Gasteiger partial charge on any atom is -0.495 e. The van der Waals surface area contributed by atoms with Gasteiger partial charge in [0, 0.05) is 20.3 Å². The summed E-state index contributed by atoms with van der Waals surface area (Å²) in [6.07, 6.45) is 1.05. The molecule has 0 aliphatic heterocycles. The Morgan fingerprint density at radius 3 is 2.70 bits per heavy atom. The minimum atomic E-state index is 0.0743. The molecule has 0 aliphatic rings. The summed E-state index contributed by atoms with van der Waals surface area (Å²) in [6, 6.07) is 8.22. The molecule has 2 aromatic rings. The molecule has 1 aromatic carbocycles. The Labute approximate surface area is 137 Å². The van der Waals surface area contributed by atoms with Crippen molar-refractivity contribution in [3.8, 4) is 5.75 Å². The molecule has 0 saturated heterocycles. The second kappa shape index (κ2) is 6.94. The molecule has 2 nitrogen and oxygen atoms in total. The molecule has 0 spiro atoms. The molecule has 0 radical (unpaired) electrons. The van der Waals surface area contributed by atoms with Gasteiger partial charge >= 0.3 is 0 Å². The van der Waals surface area contributed by atoms with E-state index in [0.29, 0.717) is 5.02 Å². The molecule has 1 N–H and O–H groups in total. The Bertz CT molecular complexity index is 600. The first-order valence-corrected chi connectivity index (χ1v) is 8.38. The first kappa shape index (κ1) is 15.8. The zero-order valence-corrected chi connectivity index (χ0v) is 14.8. The van der Waals surface area contributed by atoms with E-state index >= 15 is 0 Å². The average molecular weight is 375 g/mol. The van der Waals surface area contributed by atoms with Crippen molar-refractivity contribution in [2.45, 2.75) is 19.4 Å². The smallest absolute Gasteiger partial charge is 0.138 e.